The van der Waals surface area contributed by atoms with Crippen LogP contribution in [0.2, 0.25) is 0 Å². The highest BCUT2D eigenvalue weighted by molar-refractivity contribution is 5.96. The second-order valence-corrected chi connectivity index (χ2v) is 6.92. The van der Waals surface area contributed by atoms with E-state index in [0.29, 0.717) is 6.42 Å². The van der Waals surface area contributed by atoms with E-state index in [1.54, 1.807) is 0 Å². The van der Waals surface area contributed by atoms with Gasteiger partial charge in [-0.25, -0.2) is 8.78 Å². The first-order valence-corrected chi connectivity index (χ1v) is 9.71. The van der Waals surface area contributed by atoms with E-state index in [1.807, 2.05) is 37.3 Å². The lowest BCUT2D eigenvalue weighted by Gasteiger charge is -2.17. The second-order valence-electron chi connectivity index (χ2n) is 6.92. The lowest BCUT2D eigenvalue weighted by molar-refractivity contribution is -0.384. The highest BCUT2D eigenvalue weighted by Gasteiger charge is 2.20. The van der Waals surface area contributed by atoms with Crippen molar-refractivity contribution >= 4 is 17.3 Å². The Bertz CT molecular complexity index is 1090. The fourth-order valence-electron chi connectivity index (χ4n) is 3.18. The topological polar surface area (TPSA) is 84.3 Å². The van der Waals surface area contributed by atoms with Gasteiger partial charge in [-0.1, -0.05) is 43.3 Å². The van der Waals surface area contributed by atoms with Gasteiger partial charge in [0.1, 0.15) is 17.3 Å². The number of anilines is 1. The second kappa shape index (κ2) is 9.80. The van der Waals surface area contributed by atoms with Gasteiger partial charge in [0.2, 0.25) is 0 Å². The molecule has 0 saturated heterocycles. The fourth-order valence-corrected chi connectivity index (χ4v) is 3.18. The van der Waals surface area contributed by atoms with Gasteiger partial charge in [-0.05, 0) is 30.2 Å². The van der Waals surface area contributed by atoms with Gasteiger partial charge in [0, 0.05) is 29.8 Å². The number of carbonyl (C=O) groups excluding carboxylic acids is 1. The van der Waals surface area contributed by atoms with Crippen LogP contribution in [0.3, 0.4) is 0 Å². The van der Waals surface area contributed by atoms with Gasteiger partial charge in [-0.2, -0.15) is 0 Å². The molecule has 2 N–H and O–H groups in total. The number of nitrogens with zero attached hydrogens (tertiary/aromatic N) is 1. The highest BCUT2D eigenvalue weighted by atomic mass is 19.1. The van der Waals surface area contributed by atoms with Crippen molar-refractivity contribution in [1.29, 1.82) is 0 Å². The molecule has 0 spiro atoms. The van der Waals surface area contributed by atoms with Gasteiger partial charge in [-0.15, -0.1) is 0 Å². The maximum Gasteiger partial charge on any atom is 0.293 e. The molecule has 3 rings (SSSR count). The molecular weight excluding hydrogens is 404 g/mol. The normalized spacial score (nSPS) is 11.6. The smallest absolute Gasteiger partial charge is 0.293 e. The van der Waals surface area contributed by atoms with Crippen molar-refractivity contribution in [2.75, 3.05) is 5.32 Å². The zero-order valence-corrected chi connectivity index (χ0v) is 16.8. The number of hydrogen-bond donors (Lipinski definition) is 2. The number of benzene rings is 3. The minimum atomic E-state index is -0.752. The molecule has 6 nitrogen and oxygen atoms in total. The zero-order chi connectivity index (χ0) is 22.4. The van der Waals surface area contributed by atoms with Crippen LogP contribution in [-0.4, -0.2) is 10.8 Å². The van der Waals surface area contributed by atoms with Crippen molar-refractivity contribution in [3.05, 3.63) is 105 Å². The molecule has 0 aromatic heterocycles. The van der Waals surface area contributed by atoms with E-state index >= 15 is 0 Å². The third-order valence-corrected chi connectivity index (χ3v) is 4.86. The standard InChI is InChI=1S/C23H21F2N3O3/c1-2-20(15-6-4-3-5-7-15)27-23(29)16-9-11-21(22(12-16)28(30)31)26-14-17-8-10-18(24)13-19(17)25/h3-13,20,26H,2,14H2,1H3,(H,27,29). The van der Waals surface area contributed by atoms with E-state index in [4.69, 9.17) is 0 Å². The molecule has 31 heavy (non-hydrogen) atoms. The maximum absolute atomic E-state index is 13.8. The number of rotatable bonds is 8. The third kappa shape index (κ3) is 5.42. The average Bonchev–Trinajstić information content (AvgIpc) is 2.77. The predicted molar refractivity (Wildman–Crippen MR) is 114 cm³/mol. The molecule has 8 heteroatoms. The van der Waals surface area contributed by atoms with Gasteiger partial charge < -0.3 is 10.6 Å². The first-order valence-electron chi connectivity index (χ1n) is 9.71. The number of nitro groups is 1. The molecule has 3 aromatic rings. The highest BCUT2D eigenvalue weighted by Crippen LogP contribution is 2.27. The van der Waals surface area contributed by atoms with Crippen molar-refractivity contribution in [2.24, 2.45) is 0 Å². The summed E-state index contributed by atoms with van der Waals surface area (Å²) in [6, 6.07) is 16.4. The molecule has 1 unspecified atom stereocenters. The number of hydrogen-bond acceptors (Lipinski definition) is 4. The fraction of sp³-hybridized carbons (Fsp3) is 0.174. The Morgan fingerprint density at radius 2 is 1.81 bits per heavy atom. The Labute approximate surface area is 178 Å². The lowest BCUT2D eigenvalue weighted by atomic mass is 10.0. The van der Waals surface area contributed by atoms with Crippen molar-refractivity contribution < 1.29 is 18.5 Å². The molecule has 0 fully saturated rings. The molecule has 0 aliphatic carbocycles. The number of halogens is 2. The molecule has 0 aliphatic rings. The van der Waals surface area contributed by atoms with Crippen LogP contribution in [0.1, 0.15) is 40.9 Å². The molecule has 0 bridgehead atoms. The molecule has 1 atom stereocenters. The summed E-state index contributed by atoms with van der Waals surface area (Å²) in [5, 5.41) is 17.2. The van der Waals surface area contributed by atoms with Gasteiger partial charge in [0.05, 0.1) is 11.0 Å². The molecular formula is C23H21F2N3O3. The summed E-state index contributed by atoms with van der Waals surface area (Å²) in [6.07, 6.45) is 0.653. The zero-order valence-electron chi connectivity index (χ0n) is 16.8. The van der Waals surface area contributed by atoms with Gasteiger partial charge >= 0.3 is 0 Å². The van der Waals surface area contributed by atoms with E-state index in [2.05, 4.69) is 10.6 Å². The monoisotopic (exact) mass is 425 g/mol. The van der Waals surface area contributed by atoms with E-state index in [9.17, 15) is 23.7 Å². The van der Waals surface area contributed by atoms with Crippen LogP contribution in [0.5, 0.6) is 0 Å². The van der Waals surface area contributed by atoms with Crippen LogP contribution in [-0.2, 0) is 6.54 Å². The van der Waals surface area contributed by atoms with Crippen LogP contribution in [0, 0.1) is 21.7 Å². The molecule has 0 aliphatic heterocycles. The average molecular weight is 425 g/mol. The van der Waals surface area contributed by atoms with Crippen LogP contribution >= 0.6 is 0 Å². The number of nitrogens with one attached hydrogen (secondary N) is 2. The van der Waals surface area contributed by atoms with Crippen LogP contribution in [0.15, 0.2) is 66.7 Å². The lowest BCUT2D eigenvalue weighted by Crippen LogP contribution is -2.28. The van der Waals surface area contributed by atoms with Crippen LogP contribution in [0.25, 0.3) is 0 Å². The summed E-state index contributed by atoms with van der Waals surface area (Å²) in [6.45, 7) is 1.85. The summed E-state index contributed by atoms with van der Waals surface area (Å²) in [5.41, 5.74) is 1.04. The van der Waals surface area contributed by atoms with Gasteiger partial charge in [0.15, 0.2) is 0 Å². The maximum atomic E-state index is 13.8. The third-order valence-electron chi connectivity index (χ3n) is 4.86. The molecule has 3 aromatic carbocycles. The number of nitro benzene ring substituents is 1. The summed E-state index contributed by atoms with van der Waals surface area (Å²) >= 11 is 0. The van der Waals surface area contributed by atoms with Crippen LogP contribution < -0.4 is 10.6 Å². The summed E-state index contributed by atoms with van der Waals surface area (Å²) < 4.78 is 26.8. The van der Waals surface area contributed by atoms with Crippen molar-refractivity contribution in [3.63, 3.8) is 0 Å². The molecule has 0 saturated carbocycles. The summed E-state index contributed by atoms with van der Waals surface area (Å²) in [5.74, 6) is -1.89. The minimum absolute atomic E-state index is 0.0790. The first-order chi connectivity index (χ1) is 14.9. The Morgan fingerprint density at radius 1 is 1.06 bits per heavy atom. The van der Waals surface area contributed by atoms with Crippen molar-refractivity contribution in [1.82, 2.24) is 5.32 Å². The number of carbonyl (C=O) groups is 1. The first kappa shape index (κ1) is 21.9. The summed E-state index contributed by atoms with van der Waals surface area (Å²) in [4.78, 5) is 23.6. The number of amides is 1. The van der Waals surface area contributed by atoms with E-state index in [0.717, 1.165) is 17.7 Å². The molecule has 1 amide bonds. The SMILES string of the molecule is CCC(NC(=O)c1ccc(NCc2ccc(F)cc2F)c([N+](=O)[O-])c1)c1ccccc1. The van der Waals surface area contributed by atoms with E-state index < -0.39 is 22.5 Å². The van der Waals surface area contributed by atoms with Gasteiger partial charge in [0.25, 0.3) is 11.6 Å². The van der Waals surface area contributed by atoms with E-state index in [1.165, 1.54) is 24.3 Å². The molecule has 0 heterocycles. The largest absolute Gasteiger partial charge is 0.375 e. The quantitative estimate of drug-likeness (QED) is 0.376. The predicted octanol–water partition coefficient (Wildman–Crippen LogP) is 5.37. The summed E-state index contributed by atoms with van der Waals surface area (Å²) in [7, 11) is 0. The Kier molecular flexibility index (Phi) is 6.92. The van der Waals surface area contributed by atoms with Crippen LogP contribution in [0.4, 0.5) is 20.2 Å². The Hall–Kier alpha value is -3.81. The van der Waals surface area contributed by atoms with Crippen molar-refractivity contribution in [2.45, 2.75) is 25.9 Å². The molecule has 0 radical (unpaired) electrons. The minimum Gasteiger partial charge on any atom is -0.375 e. The Balaban J connectivity index is 1.77. The van der Waals surface area contributed by atoms with E-state index in [-0.39, 0.29) is 35.1 Å². The van der Waals surface area contributed by atoms with Gasteiger partial charge in [-0.3, -0.25) is 14.9 Å². The Morgan fingerprint density at radius 3 is 2.45 bits per heavy atom. The van der Waals surface area contributed by atoms with Crippen molar-refractivity contribution in [3.8, 4) is 0 Å². The molecule has 160 valence electrons.